The molecule has 2 aromatic carbocycles. The molecule has 0 aromatic heterocycles. The molecule has 0 aliphatic carbocycles. The minimum Gasteiger partial charge on any atom is -0.491 e. The lowest BCUT2D eigenvalue weighted by atomic mass is 10.1. The van der Waals surface area contributed by atoms with Crippen molar-refractivity contribution in [3.8, 4) is 5.75 Å². The molecule has 188 valence electrons. The fraction of sp³-hybridized carbons (Fsp3) is 0.357. The first-order chi connectivity index (χ1) is 16.8. The van der Waals surface area contributed by atoms with Crippen LogP contribution in [0.5, 0.6) is 5.75 Å². The maximum atomic E-state index is 11.9. The van der Waals surface area contributed by atoms with Gasteiger partial charge >= 0.3 is 11.9 Å². The largest absolute Gasteiger partial charge is 0.491 e. The van der Waals surface area contributed by atoms with E-state index < -0.39 is 0 Å². The monoisotopic (exact) mass is 480 g/mol. The zero-order valence-corrected chi connectivity index (χ0v) is 20.5. The molecule has 2 rings (SSSR count). The van der Waals surface area contributed by atoms with Gasteiger partial charge in [0.05, 0.1) is 25.5 Å². The van der Waals surface area contributed by atoms with Gasteiger partial charge in [-0.3, -0.25) is 0 Å². The Morgan fingerprint density at radius 2 is 1.57 bits per heavy atom. The van der Waals surface area contributed by atoms with Gasteiger partial charge in [0.2, 0.25) is 0 Å². The molecule has 0 heterocycles. The molecule has 0 saturated heterocycles. The molecule has 0 fully saturated rings. The minimum atomic E-state index is -0.358. The number of hydrogen-bond donors (Lipinski definition) is 2. The molecular weight excluding hydrogens is 444 g/mol. The Labute approximate surface area is 207 Å². The number of unbranched alkanes of at least 4 members (excludes halogenated alkanes) is 3. The van der Waals surface area contributed by atoms with Crippen molar-refractivity contribution in [3.63, 3.8) is 0 Å². The SMILES string of the molecule is C=C(C)C(=O)OCCCc1ccc(/C=C/C(=O)OCCCCCCOc2ccc(N)cc2N)cc1. The van der Waals surface area contributed by atoms with E-state index in [0.717, 1.165) is 49.7 Å². The molecule has 0 saturated carbocycles. The quantitative estimate of drug-likeness (QED) is 0.158. The van der Waals surface area contributed by atoms with Crippen LogP contribution < -0.4 is 16.2 Å². The number of aryl methyl sites for hydroxylation is 1. The van der Waals surface area contributed by atoms with Gasteiger partial charge in [0.1, 0.15) is 5.75 Å². The standard InChI is InChI=1S/C28H36N2O5/c1-21(2)28(32)35-19-7-8-22-9-11-23(12-10-22)13-16-27(31)34-18-6-4-3-5-17-33-26-15-14-24(29)20-25(26)30/h9-16,20H,1,3-8,17-19,29-30H2,2H3/b16-13+. The van der Waals surface area contributed by atoms with Crippen LogP contribution >= 0.6 is 0 Å². The molecule has 0 unspecified atom stereocenters. The second kappa shape index (κ2) is 15.2. The summed E-state index contributed by atoms with van der Waals surface area (Å²) in [5, 5.41) is 0. The lowest BCUT2D eigenvalue weighted by molar-refractivity contribution is -0.139. The van der Waals surface area contributed by atoms with Crippen molar-refractivity contribution in [2.24, 2.45) is 0 Å². The van der Waals surface area contributed by atoms with Gasteiger partial charge in [-0.2, -0.15) is 0 Å². The van der Waals surface area contributed by atoms with E-state index in [2.05, 4.69) is 6.58 Å². The van der Waals surface area contributed by atoms with E-state index in [1.54, 1.807) is 31.2 Å². The third kappa shape index (κ3) is 11.3. The molecule has 7 nitrogen and oxygen atoms in total. The minimum absolute atomic E-state index is 0.351. The van der Waals surface area contributed by atoms with Crippen LogP contribution in [0.4, 0.5) is 11.4 Å². The molecule has 0 bridgehead atoms. The van der Waals surface area contributed by atoms with Crippen LogP contribution in [-0.2, 0) is 25.5 Å². The number of anilines is 2. The van der Waals surface area contributed by atoms with Gasteiger partial charge in [-0.25, -0.2) is 9.59 Å². The normalized spacial score (nSPS) is 10.8. The predicted molar refractivity (Wildman–Crippen MR) is 140 cm³/mol. The van der Waals surface area contributed by atoms with Crippen molar-refractivity contribution in [2.45, 2.75) is 45.4 Å². The Bertz CT molecular complexity index is 999. The van der Waals surface area contributed by atoms with E-state index in [-0.39, 0.29) is 11.9 Å². The van der Waals surface area contributed by atoms with Crippen LogP contribution in [0.3, 0.4) is 0 Å². The first kappa shape index (κ1) is 27.5. The van der Waals surface area contributed by atoms with E-state index in [0.29, 0.717) is 42.5 Å². The summed E-state index contributed by atoms with van der Waals surface area (Å²) in [6.07, 6.45) is 8.35. The van der Waals surface area contributed by atoms with E-state index in [4.69, 9.17) is 25.7 Å². The van der Waals surface area contributed by atoms with Crippen LogP contribution in [0, 0.1) is 0 Å². The molecule has 0 amide bonds. The lowest BCUT2D eigenvalue weighted by Crippen LogP contribution is -2.06. The number of benzene rings is 2. The van der Waals surface area contributed by atoms with Crippen molar-refractivity contribution in [1.82, 2.24) is 0 Å². The van der Waals surface area contributed by atoms with E-state index in [1.165, 1.54) is 6.08 Å². The summed E-state index contributed by atoms with van der Waals surface area (Å²) in [7, 11) is 0. The molecule has 0 spiro atoms. The van der Waals surface area contributed by atoms with Gasteiger partial charge in [0, 0.05) is 17.3 Å². The van der Waals surface area contributed by atoms with Gasteiger partial charge in [0.25, 0.3) is 0 Å². The highest BCUT2D eigenvalue weighted by molar-refractivity contribution is 5.87. The molecule has 0 radical (unpaired) electrons. The number of ether oxygens (including phenoxy) is 3. The highest BCUT2D eigenvalue weighted by Crippen LogP contribution is 2.23. The van der Waals surface area contributed by atoms with Crippen LogP contribution in [-0.4, -0.2) is 31.8 Å². The molecule has 7 heteroatoms. The van der Waals surface area contributed by atoms with Gasteiger partial charge in [-0.05, 0) is 80.9 Å². The van der Waals surface area contributed by atoms with E-state index in [9.17, 15) is 9.59 Å². The summed E-state index contributed by atoms with van der Waals surface area (Å²) in [6, 6.07) is 13.1. The van der Waals surface area contributed by atoms with Crippen molar-refractivity contribution in [2.75, 3.05) is 31.3 Å². The summed E-state index contributed by atoms with van der Waals surface area (Å²) in [6.45, 7) is 6.52. The summed E-state index contributed by atoms with van der Waals surface area (Å²) in [4.78, 5) is 23.3. The number of carbonyl (C=O) groups is 2. The fourth-order valence-corrected chi connectivity index (χ4v) is 3.18. The first-order valence-corrected chi connectivity index (χ1v) is 11.9. The molecule has 2 aromatic rings. The van der Waals surface area contributed by atoms with Gasteiger partial charge < -0.3 is 25.7 Å². The Morgan fingerprint density at radius 1 is 0.886 bits per heavy atom. The number of rotatable bonds is 15. The van der Waals surface area contributed by atoms with Gasteiger partial charge in [-0.1, -0.05) is 30.8 Å². The third-order valence-corrected chi connectivity index (χ3v) is 5.16. The van der Waals surface area contributed by atoms with Crippen molar-refractivity contribution in [1.29, 1.82) is 0 Å². The van der Waals surface area contributed by atoms with E-state index in [1.807, 2.05) is 24.3 Å². The third-order valence-electron chi connectivity index (χ3n) is 5.16. The summed E-state index contributed by atoms with van der Waals surface area (Å²) in [5.41, 5.74) is 15.1. The molecule has 0 aliphatic heterocycles. The second-order valence-corrected chi connectivity index (χ2v) is 8.32. The summed E-state index contributed by atoms with van der Waals surface area (Å²) in [5.74, 6) is -0.0601. The van der Waals surface area contributed by atoms with E-state index >= 15 is 0 Å². The Balaban J connectivity index is 1.53. The number of carbonyl (C=O) groups excluding carboxylic acids is 2. The Kier molecular flexibility index (Phi) is 12.0. The van der Waals surface area contributed by atoms with Crippen molar-refractivity contribution in [3.05, 3.63) is 71.8 Å². The van der Waals surface area contributed by atoms with Crippen LogP contribution in [0.15, 0.2) is 60.7 Å². The van der Waals surface area contributed by atoms with Crippen LogP contribution in [0.1, 0.15) is 50.2 Å². The summed E-state index contributed by atoms with van der Waals surface area (Å²) >= 11 is 0. The number of hydrogen-bond acceptors (Lipinski definition) is 7. The van der Waals surface area contributed by atoms with Gasteiger partial charge in [0.15, 0.2) is 0 Å². The predicted octanol–water partition coefficient (Wildman–Crippen LogP) is 5.10. The second-order valence-electron chi connectivity index (χ2n) is 8.32. The van der Waals surface area contributed by atoms with Crippen molar-refractivity contribution >= 4 is 29.4 Å². The molecule has 0 atom stereocenters. The number of esters is 2. The van der Waals surface area contributed by atoms with Crippen LogP contribution in [0.2, 0.25) is 0 Å². The molecule has 35 heavy (non-hydrogen) atoms. The average Bonchev–Trinajstić information content (AvgIpc) is 2.83. The maximum Gasteiger partial charge on any atom is 0.333 e. The topological polar surface area (TPSA) is 114 Å². The average molecular weight is 481 g/mol. The lowest BCUT2D eigenvalue weighted by Gasteiger charge is -2.09. The molecule has 0 aliphatic rings. The number of nitrogen functional groups attached to an aromatic ring is 2. The zero-order chi connectivity index (χ0) is 25.5. The fourth-order valence-electron chi connectivity index (χ4n) is 3.18. The maximum absolute atomic E-state index is 11.9. The zero-order valence-electron chi connectivity index (χ0n) is 20.5. The molecule has 4 N–H and O–H groups in total. The summed E-state index contributed by atoms with van der Waals surface area (Å²) < 4.78 is 16.0. The number of nitrogens with two attached hydrogens (primary N) is 2. The van der Waals surface area contributed by atoms with Crippen molar-refractivity contribution < 1.29 is 23.8 Å². The van der Waals surface area contributed by atoms with Crippen LogP contribution in [0.25, 0.3) is 6.08 Å². The first-order valence-electron chi connectivity index (χ1n) is 11.9. The smallest absolute Gasteiger partial charge is 0.333 e. The highest BCUT2D eigenvalue weighted by Gasteiger charge is 2.03. The Hall–Kier alpha value is -3.74. The molecular formula is C28H36N2O5. The van der Waals surface area contributed by atoms with Gasteiger partial charge in [-0.15, -0.1) is 0 Å². The Morgan fingerprint density at radius 3 is 2.26 bits per heavy atom. The highest BCUT2D eigenvalue weighted by atomic mass is 16.5.